The van der Waals surface area contributed by atoms with E-state index in [2.05, 4.69) is 26.7 Å². The van der Waals surface area contributed by atoms with E-state index < -0.39 is 41.0 Å². The second-order valence-electron chi connectivity index (χ2n) is 14.1. The third-order valence-corrected chi connectivity index (χ3v) is 9.48. The number of ether oxygens (including phenoxy) is 1. The number of aryl methyl sites for hydroxylation is 1. The standard InChI is InChI=1S/C40H45BrN4O6/c1-39(2,3)35(42-38(48)51-26-30-14-8-5-9-15-30)36(46)43-44(25-29-18-21-32(41)22-19-29)27-40(49,24-28-12-6-4-7-13-28)37(47)45(50)34-23-20-31-16-10-11-17-33(31)34/h4-19,21-22,34-35,49-50H,20,23-27H2,1-3H3,(H,42,48)(H,43,46). The van der Waals surface area contributed by atoms with Gasteiger partial charge in [-0.1, -0.05) is 134 Å². The summed E-state index contributed by atoms with van der Waals surface area (Å²) in [4.78, 5) is 41.4. The summed E-state index contributed by atoms with van der Waals surface area (Å²) in [5.74, 6) is -1.46. The Morgan fingerprint density at radius 1 is 0.863 bits per heavy atom. The van der Waals surface area contributed by atoms with Crippen molar-refractivity contribution in [3.8, 4) is 0 Å². The fourth-order valence-corrected chi connectivity index (χ4v) is 6.58. The maximum absolute atomic E-state index is 14.3. The molecule has 0 aromatic heterocycles. The van der Waals surface area contributed by atoms with Crippen LogP contribution < -0.4 is 10.7 Å². The van der Waals surface area contributed by atoms with E-state index >= 15 is 0 Å². The van der Waals surface area contributed by atoms with Gasteiger partial charge in [-0.3, -0.25) is 20.2 Å². The van der Waals surface area contributed by atoms with Crippen molar-refractivity contribution in [1.82, 2.24) is 20.8 Å². The van der Waals surface area contributed by atoms with Crippen molar-refractivity contribution in [2.24, 2.45) is 5.41 Å². The average molecular weight is 758 g/mol. The molecule has 0 saturated heterocycles. The second kappa shape index (κ2) is 16.6. The number of aliphatic hydroxyl groups is 1. The van der Waals surface area contributed by atoms with Crippen LogP contribution in [-0.4, -0.2) is 56.5 Å². The molecule has 0 spiro atoms. The van der Waals surface area contributed by atoms with Crippen molar-refractivity contribution in [1.29, 1.82) is 0 Å². The van der Waals surface area contributed by atoms with Crippen molar-refractivity contribution in [2.75, 3.05) is 6.54 Å². The van der Waals surface area contributed by atoms with E-state index in [1.807, 2.05) is 118 Å². The number of halogens is 1. The summed E-state index contributed by atoms with van der Waals surface area (Å²) < 4.78 is 6.29. The number of carbonyl (C=O) groups is 3. The lowest BCUT2D eigenvalue weighted by Gasteiger charge is -2.38. The van der Waals surface area contributed by atoms with Crippen molar-refractivity contribution in [3.63, 3.8) is 0 Å². The molecule has 4 aromatic rings. The molecule has 4 N–H and O–H groups in total. The SMILES string of the molecule is CC(C)(C)C(NC(=O)OCc1ccccc1)C(=O)NN(Cc1ccc(Br)cc1)CC(O)(Cc1ccccc1)C(=O)N(O)C1CCc2ccccc21. The first-order chi connectivity index (χ1) is 24.3. The molecule has 0 aliphatic heterocycles. The van der Waals surface area contributed by atoms with E-state index in [9.17, 15) is 24.7 Å². The van der Waals surface area contributed by atoms with Crippen LogP contribution in [0, 0.1) is 5.41 Å². The highest BCUT2D eigenvalue weighted by molar-refractivity contribution is 9.10. The molecule has 3 atom stereocenters. The number of hydrogen-bond donors (Lipinski definition) is 4. The lowest BCUT2D eigenvalue weighted by atomic mass is 9.86. The third-order valence-electron chi connectivity index (χ3n) is 8.95. The topological polar surface area (TPSA) is 131 Å². The molecule has 1 aliphatic rings. The van der Waals surface area contributed by atoms with Gasteiger partial charge in [-0.05, 0) is 58.2 Å². The number of rotatable bonds is 13. The Bertz CT molecular complexity index is 1780. The Kier molecular flexibility index (Phi) is 12.3. The van der Waals surface area contributed by atoms with E-state index in [1.54, 1.807) is 12.1 Å². The van der Waals surface area contributed by atoms with E-state index in [0.717, 1.165) is 26.7 Å². The van der Waals surface area contributed by atoms with E-state index in [0.29, 0.717) is 23.5 Å². The largest absolute Gasteiger partial charge is 0.445 e. The van der Waals surface area contributed by atoms with Gasteiger partial charge in [0.05, 0.1) is 12.6 Å². The number of hydrogen-bond acceptors (Lipinski definition) is 7. The van der Waals surface area contributed by atoms with Gasteiger partial charge in [0.1, 0.15) is 12.6 Å². The van der Waals surface area contributed by atoms with Crippen LogP contribution in [0.3, 0.4) is 0 Å². The van der Waals surface area contributed by atoms with Crippen LogP contribution in [0.5, 0.6) is 0 Å². The molecule has 10 nitrogen and oxygen atoms in total. The van der Waals surface area contributed by atoms with Gasteiger partial charge in [0.2, 0.25) is 0 Å². The highest BCUT2D eigenvalue weighted by Gasteiger charge is 2.45. The second-order valence-corrected chi connectivity index (χ2v) is 15.0. The zero-order valence-corrected chi connectivity index (χ0v) is 30.7. The van der Waals surface area contributed by atoms with Crippen molar-refractivity contribution in [3.05, 3.63) is 141 Å². The summed E-state index contributed by atoms with van der Waals surface area (Å²) in [6.07, 6.45) is 0.277. The minimum absolute atomic E-state index is 0.0264. The van der Waals surface area contributed by atoms with Gasteiger partial charge in [-0.25, -0.2) is 14.9 Å². The number of carbonyl (C=O) groups excluding carboxylic acids is 3. The van der Waals surface area contributed by atoms with Crippen LogP contribution in [0.2, 0.25) is 0 Å². The molecule has 268 valence electrons. The molecule has 5 rings (SSSR count). The normalized spacial score (nSPS) is 15.7. The maximum Gasteiger partial charge on any atom is 0.408 e. The van der Waals surface area contributed by atoms with Gasteiger partial charge >= 0.3 is 6.09 Å². The van der Waals surface area contributed by atoms with Gasteiger partial charge in [-0.15, -0.1) is 0 Å². The van der Waals surface area contributed by atoms with Gasteiger partial charge in [0.25, 0.3) is 11.8 Å². The van der Waals surface area contributed by atoms with Crippen LogP contribution in [0.25, 0.3) is 0 Å². The van der Waals surface area contributed by atoms with Gasteiger partial charge in [-0.2, -0.15) is 0 Å². The first-order valence-electron chi connectivity index (χ1n) is 17.0. The number of nitrogens with zero attached hydrogens (tertiary/aromatic N) is 2. The summed E-state index contributed by atoms with van der Waals surface area (Å²) in [6, 6.07) is 31.6. The Hall–Kier alpha value is -4.55. The monoisotopic (exact) mass is 756 g/mol. The molecule has 0 saturated carbocycles. The molecule has 3 amide bonds. The molecule has 4 aromatic carbocycles. The highest BCUT2D eigenvalue weighted by Crippen LogP contribution is 2.36. The summed E-state index contributed by atoms with van der Waals surface area (Å²) in [7, 11) is 0. The van der Waals surface area contributed by atoms with E-state index in [-0.39, 0.29) is 26.1 Å². The molecule has 0 radical (unpaired) electrons. The molecule has 51 heavy (non-hydrogen) atoms. The molecule has 1 aliphatic carbocycles. The molecular formula is C40H45BrN4O6. The van der Waals surface area contributed by atoms with Crippen LogP contribution in [-0.2, 0) is 40.3 Å². The van der Waals surface area contributed by atoms with Crippen molar-refractivity contribution < 1.29 is 29.4 Å². The quantitative estimate of drug-likeness (QED) is 0.0905. The Labute approximate surface area is 307 Å². The number of hydrazine groups is 1. The fourth-order valence-electron chi connectivity index (χ4n) is 6.32. The summed E-state index contributed by atoms with van der Waals surface area (Å²) in [5.41, 5.74) is 4.05. The molecule has 11 heteroatoms. The van der Waals surface area contributed by atoms with Gasteiger partial charge in [0.15, 0.2) is 5.60 Å². The average Bonchev–Trinajstić information content (AvgIpc) is 3.54. The molecule has 0 bridgehead atoms. The van der Waals surface area contributed by atoms with Crippen LogP contribution in [0.1, 0.15) is 61.1 Å². The van der Waals surface area contributed by atoms with E-state index in [1.165, 1.54) is 5.01 Å². The number of amides is 3. The molecule has 3 unspecified atom stereocenters. The number of fused-ring (bicyclic) bond motifs is 1. The molecule has 0 heterocycles. The number of nitrogens with one attached hydrogen (secondary N) is 2. The molecule has 0 fully saturated rings. The number of alkyl carbamates (subject to hydrolysis) is 1. The predicted octanol–water partition coefficient (Wildman–Crippen LogP) is 6.50. The first kappa shape index (κ1) is 37.7. The summed E-state index contributed by atoms with van der Waals surface area (Å²) >= 11 is 3.45. The van der Waals surface area contributed by atoms with Crippen molar-refractivity contribution >= 4 is 33.8 Å². The molecular weight excluding hydrogens is 712 g/mol. The Morgan fingerprint density at radius 3 is 2.12 bits per heavy atom. The summed E-state index contributed by atoms with van der Waals surface area (Å²) in [6.45, 7) is 5.17. The lowest BCUT2D eigenvalue weighted by Crippen LogP contribution is -2.62. The summed E-state index contributed by atoms with van der Waals surface area (Å²) in [5, 5.41) is 28.7. The Balaban J connectivity index is 1.42. The minimum Gasteiger partial charge on any atom is -0.445 e. The zero-order valence-electron chi connectivity index (χ0n) is 29.1. The lowest BCUT2D eigenvalue weighted by molar-refractivity contribution is -0.199. The van der Waals surface area contributed by atoms with Crippen LogP contribution in [0.4, 0.5) is 4.79 Å². The van der Waals surface area contributed by atoms with Gasteiger partial charge < -0.3 is 15.2 Å². The highest BCUT2D eigenvalue weighted by atomic mass is 79.9. The van der Waals surface area contributed by atoms with Gasteiger partial charge in [0, 0.05) is 17.4 Å². The maximum atomic E-state index is 14.3. The number of benzene rings is 4. The van der Waals surface area contributed by atoms with Crippen molar-refractivity contribution in [2.45, 2.75) is 70.9 Å². The fraction of sp³-hybridized carbons (Fsp3) is 0.325. The van der Waals surface area contributed by atoms with E-state index in [4.69, 9.17) is 4.74 Å². The Morgan fingerprint density at radius 2 is 1.47 bits per heavy atom. The smallest absolute Gasteiger partial charge is 0.408 e. The minimum atomic E-state index is -2.18. The number of hydroxylamine groups is 2. The first-order valence-corrected chi connectivity index (χ1v) is 17.8. The third kappa shape index (κ3) is 10.0. The zero-order chi connectivity index (χ0) is 36.6. The predicted molar refractivity (Wildman–Crippen MR) is 197 cm³/mol. The van der Waals surface area contributed by atoms with Crippen LogP contribution in [0.15, 0.2) is 114 Å². The van der Waals surface area contributed by atoms with Crippen LogP contribution >= 0.6 is 15.9 Å².